The third-order valence-electron chi connectivity index (χ3n) is 6.84. The summed E-state index contributed by atoms with van der Waals surface area (Å²) in [6.07, 6.45) is 0.175. The maximum Gasteiger partial charge on any atom is 0.168 e. The van der Waals surface area contributed by atoms with Gasteiger partial charge in [0.1, 0.15) is 17.2 Å². The number of aromatic hydroxyl groups is 4. The molecule has 162 valence electrons. The Hall–Kier alpha value is -4.25. The highest BCUT2D eigenvalue weighted by Crippen LogP contribution is 2.53. The summed E-state index contributed by atoms with van der Waals surface area (Å²) in [4.78, 5) is 0. The highest BCUT2D eigenvalue weighted by Gasteiger charge is 2.43. The Labute approximate surface area is 188 Å². The van der Waals surface area contributed by atoms with E-state index in [9.17, 15) is 20.4 Å². The molecule has 5 heteroatoms. The van der Waals surface area contributed by atoms with Crippen LogP contribution in [0.2, 0.25) is 0 Å². The molecular weight excluding hydrogens is 419 g/mol. The van der Waals surface area contributed by atoms with E-state index in [1.54, 1.807) is 60.7 Å². The molecule has 0 amide bonds. The van der Waals surface area contributed by atoms with Gasteiger partial charge in [0.2, 0.25) is 0 Å². The number of phenols is 4. The van der Waals surface area contributed by atoms with Crippen molar-refractivity contribution in [3.8, 4) is 23.0 Å². The van der Waals surface area contributed by atoms with Crippen molar-refractivity contribution >= 4 is 21.5 Å². The monoisotopic (exact) mass is 438 g/mol. The predicted molar refractivity (Wildman–Crippen MR) is 125 cm³/mol. The Bertz CT molecular complexity index is 1530. The van der Waals surface area contributed by atoms with E-state index >= 15 is 4.39 Å². The molecule has 0 atom stereocenters. The molecule has 0 heterocycles. The molecule has 0 aromatic heterocycles. The highest BCUT2D eigenvalue weighted by atomic mass is 19.1. The molecule has 0 radical (unpaired) electrons. The van der Waals surface area contributed by atoms with Crippen molar-refractivity contribution in [1.82, 2.24) is 0 Å². The van der Waals surface area contributed by atoms with Gasteiger partial charge in [-0.1, -0.05) is 36.4 Å². The molecule has 0 saturated heterocycles. The van der Waals surface area contributed by atoms with E-state index in [0.29, 0.717) is 16.3 Å². The average molecular weight is 438 g/mol. The van der Waals surface area contributed by atoms with Gasteiger partial charge in [-0.25, -0.2) is 4.39 Å². The van der Waals surface area contributed by atoms with Crippen LogP contribution in [0.5, 0.6) is 23.0 Å². The predicted octanol–water partition coefficient (Wildman–Crippen LogP) is 5.85. The Kier molecular flexibility index (Phi) is 3.90. The van der Waals surface area contributed by atoms with Crippen LogP contribution in [0.4, 0.5) is 4.39 Å². The number of rotatable bonds is 2. The molecule has 0 bridgehead atoms. The van der Waals surface area contributed by atoms with E-state index in [0.717, 1.165) is 27.5 Å². The van der Waals surface area contributed by atoms with Crippen molar-refractivity contribution in [1.29, 1.82) is 0 Å². The van der Waals surface area contributed by atoms with Gasteiger partial charge in [-0.05, 0) is 87.1 Å². The second-order valence-electron chi connectivity index (χ2n) is 8.62. The van der Waals surface area contributed by atoms with E-state index in [-0.39, 0.29) is 23.7 Å². The molecule has 1 aliphatic rings. The van der Waals surface area contributed by atoms with Crippen LogP contribution in [0.25, 0.3) is 21.5 Å². The molecular formula is C28H19FO4. The van der Waals surface area contributed by atoms with Gasteiger partial charge in [-0.3, -0.25) is 0 Å². The summed E-state index contributed by atoms with van der Waals surface area (Å²) in [5.41, 5.74) is 1.78. The van der Waals surface area contributed by atoms with Gasteiger partial charge < -0.3 is 20.4 Å². The molecule has 0 fully saturated rings. The van der Waals surface area contributed by atoms with Gasteiger partial charge in [0.15, 0.2) is 11.6 Å². The third-order valence-corrected chi connectivity index (χ3v) is 6.84. The lowest BCUT2D eigenvalue weighted by atomic mass is 9.61. The SMILES string of the molecule is Oc1ccc(C2(c3ccc(O)cc3)Cc3c(F)c(O)cc4ccc5cc(O)cc2c5c34)cc1. The summed E-state index contributed by atoms with van der Waals surface area (Å²) >= 11 is 0. The summed E-state index contributed by atoms with van der Waals surface area (Å²) in [6.45, 7) is 0. The number of hydrogen-bond donors (Lipinski definition) is 4. The normalized spacial score (nSPS) is 14.2. The quantitative estimate of drug-likeness (QED) is 0.261. The van der Waals surface area contributed by atoms with Crippen molar-refractivity contribution in [2.24, 2.45) is 0 Å². The maximum atomic E-state index is 15.5. The van der Waals surface area contributed by atoms with Crippen molar-refractivity contribution in [2.75, 3.05) is 0 Å². The molecule has 5 aromatic carbocycles. The minimum Gasteiger partial charge on any atom is -0.508 e. The van der Waals surface area contributed by atoms with Crippen molar-refractivity contribution in [2.45, 2.75) is 11.8 Å². The molecule has 1 aliphatic carbocycles. The number of halogens is 1. The van der Waals surface area contributed by atoms with Gasteiger partial charge in [0.05, 0.1) is 5.41 Å². The highest BCUT2D eigenvalue weighted by molar-refractivity contribution is 6.13. The first kappa shape index (κ1) is 19.4. The molecule has 4 nitrogen and oxygen atoms in total. The summed E-state index contributed by atoms with van der Waals surface area (Å²) in [7, 11) is 0. The van der Waals surface area contributed by atoms with Crippen LogP contribution < -0.4 is 0 Å². The van der Waals surface area contributed by atoms with E-state index in [1.165, 1.54) is 6.07 Å². The van der Waals surface area contributed by atoms with Gasteiger partial charge in [-0.15, -0.1) is 0 Å². The average Bonchev–Trinajstić information content (AvgIpc) is 2.80. The molecule has 0 saturated carbocycles. The lowest BCUT2D eigenvalue weighted by Gasteiger charge is -2.40. The smallest absolute Gasteiger partial charge is 0.168 e. The van der Waals surface area contributed by atoms with Crippen molar-refractivity contribution < 1.29 is 24.8 Å². The lowest BCUT2D eigenvalue weighted by Crippen LogP contribution is -2.34. The van der Waals surface area contributed by atoms with Crippen molar-refractivity contribution in [3.63, 3.8) is 0 Å². The summed E-state index contributed by atoms with van der Waals surface area (Å²) in [5.74, 6) is -0.799. The van der Waals surface area contributed by atoms with Crippen LogP contribution in [0.1, 0.15) is 22.3 Å². The van der Waals surface area contributed by atoms with Crippen LogP contribution in [-0.2, 0) is 11.8 Å². The molecule has 4 N–H and O–H groups in total. The molecule has 6 rings (SSSR count). The van der Waals surface area contributed by atoms with Crippen LogP contribution in [0.3, 0.4) is 0 Å². The largest absolute Gasteiger partial charge is 0.508 e. The van der Waals surface area contributed by atoms with E-state index in [4.69, 9.17) is 0 Å². The number of benzene rings is 5. The standard InChI is InChI=1S/C28H19FO4/c29-27-22-14-28(17-3-7-19(30)8-4-17,18-5-9-20(31)10-6-18)23-13-21(32)11-15-1-2-16(12-24(27)33)25(22)26(15)23/h1-13,30-33H,14H2. The first-order valence-corrected chi connectivity index (χ1v) is 10.6. The van der Waals surface area contributed by atoms with Crippen LogP contribution in [0.15, 0.2) is 78.9 Å². The Balaban J connectivity index is 1.85. The Morgan fingerprint density at radius 2 is 1.15 bits per heavy atom. The maximum absolute atomic E-state index is 15.5. The zero-order valence-corrected chi connectivity index (χ0v) is 17.4. The minimum absolute atomic E-state index is 0.0847. The summed E-state index contributed by atoms with van der Waals surface area (Å²) < 4.78 is 15.5. The first-order chi connectivity index (χ1) is 15.9. The fraction of sp³-hybridized carbons (Fsp3) is 0.0714. The van der Waals surface area contributed by atoms with E-state index < -0.39 is 17.0 Å². The zero-order chi connectivity index (χ0) is 22.9. The molecule has 0 spiro atoms. The number of hydrogen-bond acceptors (Lipinski definition) is 4. The second-order valence-corrected chi connectivity index (χ2v) is 8.62. The Morgan fingerprint density at radius 3 is 1.73 bits per heavy atom. The topological polar surface area (TPSA) is 80.9 Å². The molecule has 5 aromatic rings. The van der Waals surface area contributed by atoms with Crippen LogP contribution >= 0.6 is 0 Å². The minimum atomic E-state index is -0.950. The molecule has 0 unspecified atom stereocenters. The summed E-state index contributed by atoms with van der Waals surface area (Å²) in [6, 6.07) is 21.9. The number of phenolic OH excluding ortho intramolecular Hbond substituents is 4. The van der Waals surface area contributed by atoms with Crippen molar-refractivity contribution in [3.05, 3.63) is 107 Å². The van der Waals surface area contributed by atoms with Crippen LogP contribution in [0, 0.1) is 5.82 Å². The fourth-order valence-corrected chi connectivity index (χ4v) is 5.42. The van der Waals surface area contributed by atoms with Gasteiger partial charge in [0, 0.05) is 5.56 Å². The Morgan fingerprint density at radius 1 is 0.606 bits per heavy atom. The fourth-order valence-electron chi connectivity index (χ4n) is 5.42. The van der Waals surface area contributed by atoms with E-state index in [2.05, 4.69) is 0 Å². The van der Waals surface area contributed by atoms with Gasteiger partial charge in [0.25, 0.3) is 0 Å². The lowest BCUT2D eigenvalue weighted by molar-refractivity contribution is 0.426. The van der Waals surface area contributed by atoms with Gasteiger partial charge in [-0.2, -0.15) is 0 Å². The zero-order valence-electron chi connectivity index (χ0n) is 17.4. The summed E-state index contributed by atoms with van der Waals surface area (Å²) in [5, 5.41) is 43.9. The van der Waals surface area contributed by atoms with Gasteiger partial charge >= 0.3 is 0 Å². The third kappa shape index (κ3) is 2.62. The molecule has 33 heavy (non-hydrogen) atoms. The first-order valence-electron chi connectivity index (χ1n) is 10.6. The molecule has 0 aliphatic heterocycles. The van der Waals surface area contributed by atoms with Crippen LogP contribution in [-0.4, -0.2) is 20.4 Å². The van der Waals surface area contributed by atoms with E-state index in [1.807, 2.05) is 12.1 Å². The second kappa shape index (κ2) is 6.62.